The maximum Gasteiger partial charge on any atom is 0.335 e. The summed E-state index contributed by atoms with van der Waals surface area (Å²) in [6.07, 6.45) is 8.08. The average Bonchev–Trinajstić information content (AvgIpc) is 2.63. The first-order valence-electron chi connectivity index (χ1n) is 8.85. The van der Waals surface area contributed by atoms with E-state index in [4.69, 9.17) is 9.84 Å². The smallest absolute Gasteiger partial charge is 0.335 e. The van der Waals surface area contributed by atoms with Crippen LogP contribution in [0.1, 0.15) is 53.6 Å². The van der Waals surface area contributed by atoms with Crippen LogP contribution in [0.3, 0.4) is 0 Å². The number of aromatic nitrogens is 1. The Kier molecular flexibility index (Phi) is 6.01. The minimum absolute atomic E-state index is 0.295. The van der Waals surface area contributed by atoms with Gasteiger partial charge in [-0.2, -0.15) is 0 Å². The summed E-state index contributed by atoms with van der Waals surface area (Å²) in [5, 5.41) is 12.4. The van der Waals surface area contributed by atoms with Gasteiger partial charge in [-0.25, -0.2) is 9.78 Å². The molecule has 0 amide bonds. The molecule has 3 rings (SSSR count). The van der Waals surface area contributed by atoms with E-state index in [1.165, 1.54) is 19.3 Å². The largest absolute Gasteiger partial charge is 0.478 e. The van der Waals surface area contributed by atoms with E-state index in [0.29, 0.717) is 30.6 Å². The number of hydrogen-bond acceptors (Lipinski definition) is 4. The van der Waals surface area contributed by atoms with Crippen molar-refractivity contribution in [2.45, 2.75) is 51.3 Å². The highest BCUT2D eigenvalue weighted by atomic mass is 16.5. The molecule has 2 aromatic rings. The fourth-order valence-corrected chi connectivity index (χ4v) is 3.14. The summed E-state index contributed by atoms with van der Waals surface area (Å²) in [6.45, 7) is 1.29. The van der Waals surface area contributed by atoms with Gasteiger partial charge in [-0.1, -0.05) is 18.6 Å². The molecule has 0 spiro atoms. The third-order valence-corrected chi connectivity index (χ3v) is 4.47. The van der Waals surface area contributed by atoms with Crippen LogP contribution in [0.25, 0.3) is 0 Å². The lowest BCUT2D eigenvalue weighted by Gasteiger charge is -2.22. The summed E-state index contributed by atoms with van der Waals surface area (Å²) < 4.78 is 6.00. The highest BCUT2D eigenvalue weighted by molar-refractivity contribution is 5.87. The van der Waals surface area contributed by atoms with Gasteiger partial charge < -0.3 is 15.2 Å². The fourth-order valence-electron chi connectivity index (χ4n) is 3.14. The topological polar surface area (TPSA) is 71.5 Å². The molecule has 25 heavy (non-hydrogen) atoms. The molecule has 132 valence electrons. The van der Waals surface area contributed by atoms with Gasteiger partial charge in [0.15, 0.2) is 0 Å². The maximum absolute atomic E-state index is 11.0. The Balaban J connectivity index is 1.52. The van der Waals surface area contributed by atoms with Crippen molar-refractivity contribution in [3.63, 3.8) is 0 Å². The number of carboxylic acid groups (broad SMARTS) is 1. The number of carboxylic acids is 1. The zero-order valence-electron chi connectivity index (χ0n) is 14.3. The molecule has 0 radical (unpaired) electrons. The average molecular weight is 340 g/mol. The van der Waals surface area contributed by atoms with E-state index in [1.54, 1.807) is 24.4 Å². The van der Waals surface area contributed by atoms with E-state index < -0.39 is 5.97 Å². The predicted octanol–water partition coefficient (Wildman–Crippen LogP) is 3.78. The van der Waals surface area contributed by atoms with Crippen LogP contribution in [-0.4, -0.2) is 22.2 Å². The number of benzene rings is 1. The molecule has 0 bridgehead atoms. The van der Waals surface area contributed by atoms with Gasteiger partial charge in [0.2, 0.25) is 5.88 Å². The van der Waals surface area contributed by atoms with Gasteiger partial charge >= 0.3 is 5.97 Å². The van der Waals surface area contributed by atoms with Crippen LogP contribution in [0, 0.1) is 0 Å². The van der Waals surface area contributed by atoms with Crippen LogP contribution in [0.2, 0.25) is 0 Å². The third kappa shape index (κ3) is 5.29. The zero-order valence-corrected chi connectivity index (χ0v) is 14.3. The molecular weight excluding hydrogens is 316 g/mol. The van der Waals surface area contributed by atoms with Crippen molar-refractivity contribution < 1.29 is 14.6 Å². The molecule has 1 aromatic heterocycles. The molecule has 1 saturated carbocycles. The van der Waals surface area contributed by atoms with E-state index >= 15 is 0 Å². The van der Waals surface area contributed by atoms with E-state index in [1.807, 2.05) is 18.2 Å². The summed E-state index contributed by atoms with van der Waals surface area (Å²) in [5.41, 5.74) is 2.37. The highest BCUT2D eigenvalue weighted by Crippen LogP contribution is 2.22. The van der Waals surface area contributed by atoms with Crippen molar-refractivity contribution in [2.24, 2.45) is 0 Å². The minimum Gasteiger partial charge on any atom is -0.478 e. The van der Waals surface area contributed by atoms with Crippen molar-refractivity contribution in [1.29, 1.82) is 0 Å². The lowest BCUT2D eigenvalue weighted by atomic mass is 9.98. The van der Waals surface area contributed by atoms with Crippen LogP contribution in [0.15, 0.2) is 42.6 Å². The van der Waals surface area contributed by atoms with E-state index in [-0.39, 0.29) is 0 Å². The van der Waals surface area contributed by atoms with Gasteiger partial charge in [0.05, 0.1) is 5.56 Å². The number of nitrogens with one attached hydrogen (secondary N) is 1. The summed E-state index contributed by atoms with van der Waals surface area (Å²) in [7, 11) is 0. The summed E-state index contributed by atoms with van der Waals surface area (Å²) in [4.78, 5) is 15.3. The number of nitrogens with zero attached hydrogens (tertiary/aromatic N) is 1. The number of ether oxygens (including phenoxy) is 1. The molecule has 0 atom stereocenters. The quantitative estimate of drug-likeness (QED) is 0.802. The number of carbonyl (C=O) groups is 1. The third-order valence-electron chi connectivity index (χ3n) is 4.47. The molecule has 1 heterocycles. The number of aromatic carboxylic acids is 1. The number of pyridine rings is 1. The zero-order chi connectivity index (χ0) is 17.5. The first kappa shape index (κ1) is 17.4. The first-order chi connectivity index (χ1) is 12.2. The van der Waals surface area contributed by atoms with Crippen molar-refractivity contribution in [3.8, 4) is 5.88 Å². The molecule has 0 unspecified atom stereocenters. The molecule has 1 aliphatic rings. The lowest BCUT2D eigenvalue weighted by molar-refractivity contribution is 0.0696. The van der Waals surface area contributed by atoms with Crippen LogP contribution < -0.4 is 10.1 Å². The van der Waals surface area contributed by atoms with Crippen molar-refractivity contribution >= 4 is 5.97 Å². The maximum atomic E-state index is 11.0. The molecular formula is C20H24N2O3. The van der Waals surface area contributed by atoms with E-state index in [0.717, 1.165) is 24.0 Å². The second-order valence-corrected chi connectivity index (χ2v) is 6.49. The van der Waals surface area contributed by atoms with E-state index in [2.05, 4.69) is 10.3 Å². The second-order valence-electron chi connectivity index (χ2n) is 6.49. The summed E-state index contributed by atoms with van der Waals surface area (Å²) in [6, 6.07) is 10.9. The van der Waals surface area contributed by atoms with Crippen LogP contribution in [-0.2, 0) is 13.1 Å². The molecule has 5 heteroatoms. The Morgan fingerprint density at radius 3 is 2.64 bits per heavy atom. The molecule has 0 aliphatic heterocycles. The van der Waals surface area contributed by atoms with Crippen molar-refractivity contribution in [2.75, 3.05) is 0 Å². The second kappa shape index (κ2) is 8.62. The van der Waals surface area contributed by atoms with Gasteiger partial charge in [-0.05, 0) is 55.0 Å². The van der Waals surface area contributed by atoms with Crippen LogP contribution in [0.5, 0.6) is 5.88 Å². The molecule has 1 aromatic carbocycles. The van der Waals surface area contributed by atoms with E-state index in [9.17, 15) is 4.79 Å². The van der Waals surface area contributed by atoms with Crippen molar-refractivity contribution in [1.82, 2.24) is 10.3 Å². The molecule has 1 fully saturated rings. The molecule has 5 nitrogen and oxygen atoms in total. The van der Waals surface area contributed by atoms with Gasteiger partial charge in [-0.15, -0.1) is 0 Å². The Bertz CT molecular complexity index is 712. The Hall–Kier alpha value is -2.40. The number of hydrogen-bond donors (Lipinski definition) is 2. The van der Waals surface area contributed by atoms with Gasteiger partial charge in [0, 0.05) is 25.4 Å². The Labute approximate surface area is 148 Å². The first-order valence-corrected chi connectivity index (χ1v) is 8.85. The summed E-state index contributed by atoms with van der Waals surface area (Å²) in [5.74, 6) is -0.209. The normalized spacial score (nSPS) is 15.0. The fraction of sp³-hybridized carbons (Fsp3) is 0.400. The molecule has 0 saturated heterocycles. The molecule has 1 aliphatic carbocycles. The van der Waals surface area contributed by atoms with Crippen LogP contribution >= 0.6 is 0 Å². The Morgan fingerprint density at radius 1 is 1.12 bits per heavy atom. The summed E-state index contributed by atoms with van der Waals surface area (Å²) >= 11 is 0. The van der Waals surface area contributed by atoms with Gasteiger partial charge in [-0.3, -0.25) is 0 Å². The standard InChI is InChI=1S/C20H24N2O3/c23-20(24)17-6-4-5-15(11-17)13-21-14-16-9-10-22-19(12-16)25-18-7-2-1-3-8-18/h4-6,9-12,18,21H,1-3,7-8,13-14H2,(H,23,24). The lowest BCUT2D eigenvalue weighted by Crippen LogP contribution is -2.20. The Morgan fingerprint density at radius 2 is 1.88 bits per heavy atom. The minimum atomic E-state index is -0.902. The number of rotatable bonds is 7. The van der Waals surface area contributed by atoms with Crippen LogP contribution in [0.4, 0.5) is 0 Å². The molecule has 2 N–H and O–H groups in total. The van der Waals surface area contributed by atoms with Gasteiger partial charge in [0.25, 0.3) is 0 Å². The van der Waals surface area contributed by atoms with Crippen molar-refractivity contribution in [3.05, 3.63) is 59.3 Å². The highest BCUT2D eigenvalue weighted by Gasteiger charge is 2.15. The van der Waals surface area contributed by atoms with Gasteiger partial charge in [0.1, 0.15) is 6.10 Å². The predicted molar refractivity (Wildman–Crippen MR) is 95.7 cm³/mol. The monoisotopic (exact) mass is 340 g/mol. The SMILES string of the molecule is O=C(O)c1cccc(CNCc2ccnc(OC3CCCCC3)c2)c1.